The van der Waals surface area contributed by atoms with E-state index in [1.165, 1.54) is 18.9 Å². The molecule has 3 nitrogen and oxygen atoms in total. The Balaban J connectivity index is 2.16. The average Bonchev–Trinajstić information content (AvgIpc) is 2.35. The molecule has 17 heavy (non-hydrogen) atoms. The number of rotatable bonds is 7. The van der Waals surface area contributed by atoms with Gasteiger partial charge in [-0.25, -0.2) is 0 Å². The lowest BCUT2D eigenvalue weighted by molar-refractivity contribution is -0.140. The summed E-state index contributed by atoms with van der Waals surface area (Å²) in [4.78, 5) is 22.4. The number of carbonyl (C=O) groups is 2. The number of ether oxygens (including phenoxy) is 1. The van der Waals surface area contributed by atoms with E-state index in [2.05, 4.69) is 4.74 Å². The Morgan fingerprint density at radius 1 is 1.24 bits per heavy atom. The first kappa shape index (κ1) is 13.8. The summed E-state index contributed by atoms with van der Waals surface area (Å²) in [6.07, 6.45) is 0.825. The van der Waals surface area contributed by atoms with Crippen LogP contribution >= 0.6 is 11.8 Å². The number of hydrogen-bond acceptors (Lipinski definition) is 4. The smallest absolute Gasteiger partial charge is 0.306 e. The second-order valence-electron chi connectivity index (χ2n) is 3.58. The Morgan fingerprint density at radius 3 is 2.59 bits per heavy atom. The fourth-order valence-corrected chi connectivity index (χ4v) is 2.10. The van der Waals surface area contributed by atoms with Gasteiger partial charge in [-0.15, -0.1) is 0 Å². The zero-order chi connectivity index (χ0) is 12.5. The van der Waals surface area contributed by atoms with Gasteiger partial charge in [-0.3, -0.25) is 9.59 Å². The molecule has 0 aliphatic heterocycles. The van der Waals surface area contributed by atoms with Crippen molar-refractivity contribution in [2.24, 2.45) is 0 Å². The van der Waals surface area contributed by atoms with E-state index in [0.717, 1.165) is 5.56 Å². The van der Waals surface area contributed by atoms with E-state index >= 15 is 0 Å². The van der Waals surface area contributed by atoms with Gasteiger partial charge in [-0.05, 0) is 5.56 Å². The van der Waals surface area contributed by atoms with Crippen molar-refractivity contribution in [3.63, 3.8) is 0 Å². The highest BCUT2D eigenvalue weighted by atomic mass is 32.2. The summed E-state index contributed by atoms with van der Waals surface area (Å²) in [7, 11) is 1.37. The Labute approximate surface area is 106 Å². The van der Waals surface area contributed by atoms with Crippen LogP contribution in [0.3, 0.4) is 0 Å². The van der Waals surface area contributed by atoms with Gasteiger partial charge in [-0.2, -0.15) is 11.8 Å². The van der Waals surface area contributed by atoms with E-state index in [1.807, 2.05) is 30.3 Å². The topological polar surface area (TPSA) is 43.4 Å². The first-order chi connectivity index (χ1) is 8.22. The lowest BCUT2D eigenvalue weighted by atomic mass is 10.1. The maximum absolute atomic E-state index is 11.6. The molecular weight excluding hydrogens is 236 g/mol. The van der Waals surface area contributed by atoms with Gasteiger partial charge in [0.25, 0.3) is 0 Å². The number of Topliss-reactive ketones (excluding diaryl/α,β-unsaturated/α-hetero) is 1. The van der Waals surface area contributed by atoms with Crippen molar-refractivity contribution in [3.8, 4) is 0 Å². The molecule has 0 aromatic heterocycles. The van der Waals surface area contributed by atoms with Gasteiger partial charge in [-0.1, -0.05) is 30.3 Å². The van der Waals surface area contributed by atoms with Gasteiger partial charge in [0.1, 0.15) is 5.78 Å². The van der Waals surface area contributed by atoms with Gasteiger partial charge in [0.2, 0.25) is 0 Å². The molecule has 0 heterocycles. The Bertz CT molecular complexity index is 362. The van der Waals surface area contributed by atoms with Crippen molar-refractivity contribution in [2.45, 2.75) is 12.8 Å². The molecule has 1 aromatic carbocycles. The first-order valence-electron chi connectivity index (χ1n) is 5.42. The van der Waals surface area contributed by atoms with E-state index in [-0.39, 0.29) is 11.8 Å². The van der Waals surface area contributed by atoms with Crippen molar-refractivity contribution in [1.82, 2.24) is 0 Å². The highest BCUT2D eigenvalue weighted by Crippen LogP contribution is 2.07. The Hall–Kier alpha value is -1.29. The Kier molecular flexibility index (Phi) is 6.40. The van der Waals surface area contributed by atoms with Crippen molar-refractivity contribution < 1.29 is 14.3 Å². The average molecular weight is 252 g/mol. The van der Waals surface area contributed by atoms with Crippen LogP contribution in [0.4, 0.5) is 0 Å². The number of thioether (sulfide) groups is 1. The van der Waals surface area contributed by atoms with Crippen LogP contribution in [0.2, 0.25) is 0 Å². The van der Waals surface area contributed by atoms with E-state index < -0.39 is 0 Å². The molecular formula is C13H16O3S. The standard InChI is InChI=1S/C13H16O3S/c1-16-13(15)7-8-17-10-12(14)9-11-5-3-2-4-6-11/h2-6H,7-10H2,1H3. The van der Waals surface area contributed by atoms with Crippen LogP contribution in [0, 0.1) is 0 Å². The summed E-state index contributed by atoms with van der Waals surface area (Å²) in [6.45, 7) is 0. The molecule has 0 saturated carbocycles. The Morgan fingerprint density at radius 2 is 1.94 bits per heavy atom. The van der Waals surface area contributed by atoms with Crippen LogP contribution in [0.15, 0.2) is 30.3 Å². The molecule has 0 unspecified atom stereocenters. The summed E-state index contributed by atoms with van der Waals surface area (Å²) >= 11 is 1.47. The zero-order valence-electron chi connectivity index (χ0n) is 9.85. The SMILES string of the molecule is COC(=O)CCSCC(=O)Cc1ccccc1. The number of methoxy groups -OCH3 is 1. The highest BCUT2D eigenvalue weighted by molar-refractivity contribution is 7.99. The molecule has 0 atom stereocenters. The molecule has 0 bridgehead atoms. The van der Waals surface area contributed by atoms with Crippen molar-refractivity contribution >= 4 is 23.5 Å². The number of benzene rings is 1. The molecule has 92 valence electrons. The van der Waals surface area contributed by atoms with Crippen LogP contribution in [0.1, 0.15) is 12.0 Å². The summed E-state index contributed by atoms with van der Waals surface area (Å²) < 4.78 is 4.52. The molecule has 0 aliphatic carbocycles. The third-order valence-electron chi connectivity index (χ3n) is 2.19. The second kappa shape index (κ2) is 7.90. The normalized spacial score (nSPS) is 9.94. The third-order valence-corrected chi connectivity index (χ3v) is 3.20. The second-order valence-corrected chi connectivity index (χ2v) is 4.68. The highest BCUT2D eigenvalue weighted by Gasteiger charge is 2.05. The molecule has 0 radical (unpaired) electrons. The van der Waals surface area contributed by atoms with Crippen LogP contribution < -0.4 is 0 Å². The summed E-state index contributed by atoms with van der Waals surface area (Å²) in [5, 5.41) is 0. The molecule has 0 amide bonds. The van der Waals surface area contributed by atoms with Gasteiger partial charge >= 0.3 is 5.97 Å². The van der Waals surface area contributed by atoms with E-state index in [9.17, 15) is 9.59 Å². The molecule has 0 spiro atoms. The number of esters is 1. The fraction of sp³-hybridized carbons (Fsp3) is 0.385. The van der Waals surface area contributed by atoms with Crippen molar-refractivity contribution in [3.05, 3.63) is 35.9 Å². The van der Waals surface area contributed by atoms with Crippen LogP contribution in [0.25, 0.3) is 0 Å². The lowest BCUT2D eigenvalue weighted by Crippen LogP contribution is -2.07. The molecule has 0 saturated heterocycles. The van der Waals surface area contributed by atoms with Crippen molar-refractivity contribution in [1.29, 1.82) is 0 Å². The molecule has 1 aromatic rings. The molecule has 0 fully saturated rings. The van der Waals surface area contributed by atoms with Crippen LogP contribution in [0.5, 0.6) is 0 Å². The van der Waals surface area contributed by atoms with E-state index in [1.54, 1.807) is 0 Å². The van der Waals surface area contributed by atoms with Gasteiger partial charge < -0.3 is 4.74 Å². The molecule has 0 N–H and O–H groups in total. The first-order valence-corrected chi connectivity index (χ1v) is 6.58. The third kappa shape index (κ3) is 6.12. The largest absolute Gasteiger partial charge is 0.469 e. The monoisotopic (exact) mass is 252 g/mol. The minimum Gasteiger partial charge on any atom is -0.469 e. The number of ketones is 1. The van der Waals surface area contributed by atoms with Crippen molar-refractivity contribution in [2.75, 3.05) is 18.6 Å². The summed E-state index contributed by atoms with van der Waals surface area (Å²) in [5.74, 6) is 1.04. The number of carbonyl (C=O) groups excluding carboxylic acids is 2. The van der Waals surface area contributed by atoms with E-state index in [4.69, 9.17) is 0 Å². The zero-order valence-corrected chi connectivity index (χ0v) is 10.7. The van der Waals surface area contributed by atoms with Gasteiger partial charge in [0, 0.05) is 12.2 Å². The predicted molar refractivity (Wildman–Crippen MR) is 69.1 cm³/mol. The minimum absolute atomic E-state index is 0.186. The predicted octanol–water partition coefficient (Wildman–Crippen LogP) is 2.09. The summed E-state index contributed by atoms with van der Waals surface area (Å²) in [5.41, 5.74) is 1.03. The van der Waals surface area contributed by atoms with Crippen LogP contribution in [-0.2, 0) is 20.7 Å². The minimum atomic E-state index is -0.229. The quantitative estimate of drug-likeness (QED) is 0.550. The van der Waals surface area contributed by atoms with Gasteiger partial charge in [0.15, 0.2) is 0 Å². The maximum atomic E-state index is 11.6. The molecule has 4 heteroatoms. The molecule has 0 aliphatic rings. The fourth-order valence-electron chi connectivity index (χ4n) is 1.32. The summed E-state index contributed by atoms with van der Waals surface area (Å²) in [6, 6.07) is 9.66. The van der Waals surface area contributed by atoms with Gasteiger partial charge in [0.05, 0.1) is 19.3 Å². The molecule has 1 rings (SSSR count). The lowest BCUT2D eigenvalue weighted by Gasteiger charge is -2.01. The maximum Gasteiger partial charge on any atom is 0.306 e. The number of hydrogen-bond donors (Lipinski definition) is 0. The van der Waals surface area contributed by atoms with E-state index in [0.29, 0.717) is 24.3 Å². The van der Waals surface area contributed by atoms with Crippen LogP contribution in [-0.4, -0.2) is 30.4 Å².